The summed E-state index contributed by atoms with van der Waals surface area (Å²) in [4.78, 5) is 11.6. The van der Waals surface area contributed by atoms with Crippen molar-refractivity contribution in [2.75, 3.05) is 32.8 Å². The Kier molecular flexibility index (Phi) is 4.83. The van der Waals surface area contributed by atoms with Crippen molar-refractivity contribution in [2.24, 2.45) is 0 Å². The highest BCUT2D eigenvalue weighted by molar-refractivity contribution is 7.91. The van der Waals surface area contributed by atoms with E-state index in [4.69, 9.17) is 4.74 Å². The number of thiophene rings is 1. The molecule has 2 aromatic rings. The molecule has 0 spiro atoms. The van der Waals surface area contributed by atoms with Gasteiger partial charge in [0.05, 0.1) is 13.2 Å². The number of fused-ring (bicyclic) bond motifs is 1. The molecule has 2 fully saturated rings. The highest BCUT2D eigenvalue weighted by Crippen LogP contribution is 2.33. The fourth-order valence-electron chi connectivity index (χ4n) is 3.52. The Morgan fingerprint density at radius 1 is 1.19 bits per heavy atom. The number of ether oxygens (including phenoxy) is 1. The van der Waals surface area contributed by atoms with E-state index in [1.54, 1.807) is 22.8 Å². The van der Waals surface area contributed by atoms with Crippen molar-refractivity contribution in [3.05, 3.63) is 30.4 Å². The van der Waals surface area contributed by atoms with Crippen LogP contribution in [0.15, 0.2) is 28.7 Å². The van der Waals surface area contributed by atoms with E-state index < -0.39 is 10.0 Å². The van der Waals surface area contributed by atoms with Crippen LogP contribution in [0, 0.1) is 6.92 Å². The average molecular weight is 395 g/mol. The number of aromatic nitrogens is 2. The molecule has 140 valence electrons. The molecular formula is C17H22N4O3S2. The summed E-state index contributed by atoms with van der Waals surface area (Å²) in [6, 6.07) is 3.98. The standard InChI is InChI=1S/C17H22N4O3S2/c1-12-10-24-11-15-9-20(5-6-21(12)15)26(22,23)17-4-3-16(25-17)14-7-18-13(2)19-8-14/h3-4,7-8,12,15H,5-6,9-11H2,1-2H3/t12-,15+/m0/s1. The van der Waals surface area contributed by atoms with E-state index >= 15 is 0 Å². The highest BCUT2D eigenvalue weighted by atomic mass is 32.2. The Bertz CT molecular complexity index is 882. The zero-order chi connectivity index (χ0) is 18.3. The minimum atomic E-state index is -3.50. The number of nitrogens with zero attached hydrogens (tertiary/aromatic N) is 4. The van der Waals surface area contributed by atoms with Crippen LogP contribution in [-0.4, -0.2) is 72.5 Å². The van der Waals surface area contributed by atoms with E-state index in [1.165, 1.54) is 11.3 Å². The Morgan fingerprint density at radius 2 is 1.96 bits per heavy atom. The van der Waals surface area contributed by atoms with Gasteiger partial charge in [-0.3, -0.25) is 4.90 Å². The molecule has 4 heterocycles. The monoisotopic (exact) mass is 394 g/mol. The first-order chi connectivity index (χ1) is 12.4. The highest BCUT2D eigenvalue weighted by Gasteiger charge is 2.38. The molecule has 26 heavy (non-hydrogen) atoms. The van der Waals surface area contributed by atoms with E-state index in [-0.39, 0.29) is 6.04 Å². The number of piperazine rings is 1. The maximum absolute atomic E-state index is 13.1. The minimum absolute atomic E-state index is 0.132. The van der Waals surface area contributed by atoms with Crippen molar-refractivity contribution in [1.29, 1.82) is 0 Å². The topological polar surface area (TPSA) is 75.6 Å². The van der Waals surface area contributed by atoms with Crippen LogP contribution in [0.25, 0.3) is 10.4 Å². The first-order valence-electron chi connectivity index (χ1n) is 8.67. The maximum atomic E-state index is 13.1. The first-order valence-corrected chi connectivity index (χ1v) is 10.9. The summed E-state index contributed by atoms with van der Waals surface area (Å²) in [7, 11) is -3.50. The first kappa shape index (κ1) is 18.0. The summed E-state index contributed by atoms with van der Waals surface area (Å²) in [6.07, 6.45) is 3.45. The average Bonchev–Trinajstić information content (AvgIpc) is 3.13. The third-order valence-corrected chi connectivity index (χ3v) is 8.43. The van der Waals surface area contributed by atoms with E-state index in [0.717, 1.165) is 23.6 Å². The molecule has 0 saturated carbocycles. The minimum Gasteiger partial charge on any atom is -0.378 e. The summed E-state index contributed by atoms with van der Waals surface area (Å²) < 4.78 is 33.8. The van der Waals surface area contributed by atoms with Gasteiger partial charge >= 0.3 is 0 Å². The number of sulfonamides is 1. The second-order valence-electron chi connectivity index (χ2n) is 6.78. The molecule has 2 saturated heterocycles. The van der Waals surface area contributed by atoms with Gasteiger partial charge in [0.2, 0.25) is 0 Å². The van der Waals surface area contributed by atoms with Crippen LogP contribution in [0.5, 0.6) is 0 Å². The largest absolute Gasteiger partial charge is 0.378 e. The predicted molar refractivity (Wildman–Crippen MR) is 99.6 cm³/mol. The van der Waals surface area contributed by atoms with Crippen LogP contribution < -0.4 is 0 Å². The van der Waals surface area contributed by atoms with Crippen molar-refractivity contribution in [1.82, 2.24) is 19.2 Å². The summed E-state index contributed by atoms with van der Waals surface area (Å²) in [5.74, 6) is 0.694. The number of hydrogen-bond acceptors (Lipinski definition) is 7. The smallest absolute Gasteiger partial charge is 0.252 e. The maximum Gasteiger partial charge on any atom is 0.252 e. The van der Waals surface area contributed by atoms with Gasteiger partial charge in [-0.2, -0.15) is 4.31 Å². The summed E-state index contributed by atoms with van der Waals surface area (Å²) in [5.41, 5.74) is 0.835. The number of rotatable bonds is 3. The number of aryl methyl sites for hydroxylation is 1. The second-order valence-corrected chi connectivity index (χ2v) is 10.0. The van der Waals surface area contributed by atoms with Gasteiger partial charge in [-0.05, 0) is 26.0 Å². The molecule has 4 rings (SSSR count). The van der Waals surface area contributed by atoms with Crippen LogP contribution >= 0.6 is 11.3 Å². The van der Waals surface area contributed by atoms with Gasteiger partial charge in [0.15, 0.2) is 0 Å². The lowest BCUT2D eigenvalue weighted by molar-refractivity contribution is -0.0634. The fourth-order valence-corrected chi connectivity index (χ4v) is 6.42. The molecule has 7 nitrogen and oxygen atoms in total. The van der Waals surface area contributed by atoms with E-state index in [1.807, 2.05) is 13.0 Å². The second kappa shape index (κ2) is 6.97. The van der Waals surface area contributed by atoms with Gasteiger partial charge in [-0.25, -0.2) is 18.4 Å². The molecule has 0 aliphatic carbocycles. The van der Waals surface area contributed by atoms with Gasteiger partial charge in [-0.15, -0.1) is 11.3 Å². The zero-order valence-corrected chi connectivity index (χ0v) is 16.5. The van der Waals surface area contributed by atoms with E-state index in [2.05, 4.69) is 21.8 Å². The van der Waals surface area contributed by atoms with Crippen molar-refractivity contribution in [3.63, 3.8) is 0 Å². The van der Waals surface area contributed by atoms with Gasteiger partial charge < -0.3 is 4.74 Å². The lowest BCUT2D eigenvalue weighted by Crippen LogP contribution is -2.61. The van der Waals surface area contributed by atoms with Crippen LogP contribution in [0.1, 0.15) is 12.7 Å². The van der Waals surface area contributed by atoms with Crippen LogP contribution in [-0.2, 0) is 14.8 Å². The number of morpholine rings is 1. The molecule has 9 heteroatoms. The lowest BCUT2D eigenvalue weighted by atomic mass is 10.1. The Labute approximate surface area is 157 Å². The van der Waals surface area contributed by atoms with Gasteiger partial charge in [0.1, 0.15) is 10.0 Å². The molecule has 0 N–H and O–H groups in total. The molecule has 0 amide bonds. The summed E-state index contributed by atoms with van der Waals surface area (Å²) >= 11 is 1.27. The molecule has 0 aromatic carbocycles. The molecule has 0 bridgehead atoms. The normalized spacial score (nSPS) is 25.2. The van der Waals surface area contributed by atoms with E-state index in [0.29, 0.717) is 35.8 Å². The third kappa shape index (κ3) is 3.29. The van der Waals surface area contributed by atoms with Gasteiger partial charge in [0.25, 0.3) is 10.0 Å². The molecule has 0 radical (unpaired) electrons. The molecule has 2 atom stereocenters. The summed E-state index contributed by atoms with van der Waals surface area (Å²) in [6.45, 7) is 7.01. The summed E-state index contributed by atoms with van der Waals surface area (Å²) in [5, 5.41) is 0. The van der Waals surface area contributed by atoms with Crippen LogP contribution in [0.4, 0.5) is 0 Å². The van der Waals surface area contributed by atoms with Gasteiger partial charge in [-0.1, -0.05) is 0 Å². The van der Waals surface area contributed by atoms with Crippen molar-refractivity contribution < 1.29 is 13.2 Å². The van der Waals surface area contributed by atoms with Crippen molar-refractivity contribution in [3.8, 4) is 10.4 Å². The zero-order valence-electron chi connectivity index (χ0n) is 14.8. The fraction of sp³-hybridized carbons (Fsp3) is 0.529. The molecule has 2 aliphatic heterocycles. The van der Waals surface area contributed by atoms with Gasteiger partial charge in [0, 0.05) is 54.6 Å². The molecule has 2 aromatic heterocycles. The molecule has 2 aliphatic rings. The van der Waals surface area contributed by atoms with Crippen molar-refractivity contribution in [2.45, 2.75) is 30.1 Å². The lowest BCUT2D eigenvalue weighted by Gasteiger charge is -2.46. The van der Waals surface area contributed by atoms with Crippen LogP contribution in [0.2, 0.25) is 0 Å². The Hall–Kier alpha value is -1.39. The predicted octanol–water partition coefficient (Wildman–Crippen LogP) is 1.61. The molecule has 0 unspecified atom stereocenters. The SMILES string of the molecule is Cc1ncc(-c2ccc(S(=O)(=O)N3CCN4[C@@H](COC[C@@H]4C)C3)s2)cn1. The van der Waals surface area contributed by atoms with Crippen LogP contribution in [0.3, 0.4) is 0 Å². The Morgan fingerprint density at radius 3 is 2.73 bits per heavy atom. The Balaban J connectivity index is 1.55. The molecular weight excluding hydrogens is 372 g/mol. The number of hydrogen-bond donors (Lipinski definition) is 0. The van der Waals surface area contributed by atoms with Crippen molar-refractivity contribution >= 4 is 21.4 Å². The quantitative estimate of drug-likeness (QED) is 0.787. The van der Waals surface area contributed by atoms with E-state index in [9.17, 15) is 8.42 Å². The third-order valence-electron chi connectivity index (χ3n) is 4.97.